The zero-order valence-corrected chi connectivity index (χ0v) is 28.0. The molecule has 5 aromatic rings. The molecule has 1 aromatic carbocycles. The van der Waals surface area contributed by atoms with E-state index in [-0.39, 0.29) is 11.7 Å². The van der Waals surface area contributed by atoms with Crippen LogP contribution in [0.4, 0.5) is 10.0 Å². The molecule has 0 aliphatic carbocycles. The molecule has 4 aromatic heterocycles. The van der Waals surface area contributed by atoms with Gasteiger partial charge in [-0.15, -0.1) is 34.0 Å². The third-order valence-electron chi connectivity index (χ3n) is 7.58. The van der Waals surface area contributed by atoms with Crippen LogP contribution in [0, 0.1) is 35.8 Å². The fourth-order valence-corrected chi connectivity index (χ4v) is 9.70. The Morgan fingerprint density at radius 2 is 1.13 bits per heavy atom. The molecule has 46 heavy (non-hydrogen) atoms. The lowest BCUT2D eigenvalue weighted by molar-refractivity contribution is 0.102. The van der Waals surface area contributed by atoms with E-state index in [1.54, 1.807) is 22.7 Å². The first kappa shape index (κ1) is 29.6. The van der Waals surface area contributed by atoms with Crippen LogP contribution in [0.25, 0.3) is 50.1 Å². The van der Waals surface area contributed by atoms with Crippen molar-refractivity contribution in [2.75, 3.05) is 0 Å². The van der Waals surface area contributed by atoms with Crippen LogP contribution >= 0.6 is 45.3 Å². The number of nitrogens with zero attached hydrogens (tertiary/aromatic N) is 6. The highest BCUT2D eigenvalue weighted by Gasteiger charge is 2.40. The number of hydrogen-bond donors (Lipinski definition) is 0. The van der Waals surface area contributed by atoms with Crippen LogP contribution in [0.5, 0.6) is 11.5 Å². The first-order valence-corrected chi connectivity index (χ1v) is 17.1. The number of rotatable bonds is 4. The highest BCUT2D eigenvalue weighted by molar-refractivity contribution is 7.26. The zero-order chi connectivity index (χ0) is 32.4. The van der Waals surface area contributed by atoms with E-state index in [1.165, 1.54) is 22.7 Å². The lowest BCUT2D eigenvalue weighted by Gasteiger charge is -2.38. The summed E-state index contributed by atoms with van der Waals surface area (Å²) in [7, 11) is 0. The van der Waals surface area contributed by atoms with Crippen LogP contribution in [0.1, 0.15) is 38.8 Å². The maximum atomic E-state index is 9.09. The number of aliphatic imine (C=N–C) groups is 2. The standard InChI is InChI=1S/C34H20N6O2S4/c1-33(2)20-12-19-21(11-18(20)30-22(41-33)13-26(45-30)24-7-9-28(43-24)39-17(15-35)16-36)34(3,4)42-23-14-27(46-31(19)23)25-8-10-29(44-25)40-32(37-5)38-6/h7-14H,1-4H3. The highest BCUT2D eigenvalue weighted by Crippen LogP contribution is 2.58. The van der Waals surface area contributed by atoms with Crippen molar-refractivity contribution in [3.63, 3.8) is 0 Å². The van der Waals surface area contributed by atoms with Crippen molar-refractivity contribution in [1.82, 2.24) is 0 Å². The van der Waals surface area contributed by atoms with Crippen molar-refractivity contribution < 1.29 is 9.47 Å². The van der Waals surface area contributed by atoms with Crippen molar-refractivity contribution >= 4 is 67.0 Å². The third-order valence-corrected chi connectivity index (χ3v) is 12.2. The van der Waals surface area contributed by atoms with E-state index in [2.05, 4.69) is 71.6 Å². The smallest absolute Gasteiger partial charge is 0.482 e. The number of nitriles is 2. The quantitative estimate of drug-likeness (QED) is 0.108. The van der Waals surface area contributed by atoms with Gasteiger partial charge in [-0.3, -0.25) is 0 Å². The minimum Gasteiger partial charge on any atom is -0.482 e. The van der Waals surface area contributed by atoms with Gasteiger partial charge in [-0.25, -0.2) is 14.7 Å². The Morgan fingerprint density at radius 1 is 0.674 bits per heavy atom. The number of guanidine groups is 1. The zero-order valence-electron chi connectivity index (χ0n) is 24.8. The molecule has 0 fully saturated rings. The van der Waals surface area contributed by atoms with Gasteiger partial charge in [0.05, 0.1) is 9.75 Å². The minimum absolute atomic E-state index is 0.172. The molecule has 12 heteroatoms. The Morgan fingerprint density at radius 3 is 1.57 bits per heavy atom. The minimum atomic E-state index is -0.595. The van der Waals surface area contributed by atoms with Crippen LogP contribution in [-0.2, 0) is 11.2 Å². The molecule has 0 spiro atoms. The molecule has 0 radical (unpaired) electrons. The Hall–Kier alpha value is -5.08. The van der Waals surface area contributed by atoms with Crippen LogP contribution in [-0.4, -0.2) is 11.7 Å². The van der Waals surface area contributed by atoms with E-state index in [4.69, 9.17) is 33.1 Å². The summed E-state index contributed by atoms with van der Waals surface area (Å²) in [5.41, 5.74) is 3.05. The predicted octanol–water partition coefficient (Wildman–Crippen LogP) is 10.8. The molecule has 7 rings (SSSR count). The van der Waals surface area contributed by atoms with E-state index in [0.29, 0.717) is 10.0 Å². The van der Waals surface area contributed by atoms with Crippen LogP contribution in [0.15, 0.2) is 58.5 Å². The molecule has 8 nitrogen and oxygen atoms in total. The summed E-state index contributed by atoms with van der Waals surface area (Å²) in [6.07, 6.45) is 0. The summed E-state index contributed by atoms with van der Waals surface area (Å²) in [6.45, 7) is 22.6. The molecule has 0 N–H and O–H groups in total. The van der Waals surface area contributed by atoms with Crippen molar-refractivity contribution in [3.8, 4) is 64.0 Å². The van der Waals surface area contributed by atoms with E-state index >= 15 is 0 Å². The van der Waals surface area contributed by atoms with Gasteiger partial charge >= 0.3 is 5.96 Å². The Balaban J connectivity index is 1.31. The molecule has 0 saturated carbocycles. The lowest BCUT2D eigenvalue weighted by atomic mass is 9.81. The average molecular weight is 673 g/mol. The summed E-state index contributed by atoms with van der Waals surface area (Å²) in [4.78, 5) is 20.8. The molecule has 0 amide bonds. The van der Waals surface area contributed by atoms with Gasteiger partial charge in [0.25, 0.3) is 5.00 Å². The third kappa shape index (κ3) is 4.90. The van der Waals surface area contributed by atoms with E-state index in [9.17, 15) is 0 Å². The van der Waals surface area contributed by atoms with Crippen LogP contribution in [0.2, 0.25) is 0 Å². The van der Waals surface area contributed by atoms with E-state index in [0.717, 1.165) is 63.0 Å². The molecule has 0 atom stereocenters. The van der Waals surface area contributed by atoms with Gasteiger partial charge in [-0.05, 0) is 71.2 Å². The summed E-state index contributed by atoms with van der Waals surface area (Å²) in [5.74, 6) is 1.43. The second-order valence-corrected chi connectivity index (χ2v) is 15.6. The first-order chi connectivity index (χ1) is 22.0. The number of benzene rings is 1. The fourth-order valence-electron chi connectivity index (χ4n) is 5.55. The summed E-state index contributed by atoms with van der Waals surface area (Å²) in [5, 5.41) is 19.4. The monoisotopic (exact) mass is 672 g/mol. The number of ether oxygens (including phenoxy) is 2. The Bertz CT molecular complexity index is 2140. The fraction of sp³-hybridized carbons (Fsp3) is 0.176. The normalized spacial score (nSPS) is 14.3. The highest BCUT2D eigenvalue weighted by atomic mass is 32.1. The van der Waals surface area contributed by atoms with Crippen molar-refractivity contribution in [2.45, 2.75) is 38.9 Å². The predicted molar refractivity (Wildman–Crippen MR) is 186 cm³/mol. The van der Waals surface area contributed by atoms with E-state index < -0.39 is 11.2 Å². The lowest BCUT2D eigenvalue weighted by Crippen LogP contribution is -2.32. The van der Waals surface area contributed by atoms with Crippen LogP contribution < -0.4 is 9.47 Å². The van der Waals surface area contributed by atoms with Gasteiger partial charge in [-0.2, -0.15) is 10.5 Å². The van der Waals surface area contributed by atoms with Crippen molar-refractivity contribution in [2.24, 2.45) is 9.98 Å². The van der Waals surface area contributed by atoms with E-state index in [1.807, 2.05) is 36.4 Å². The average Bonchev–Trinajstić information content (AvgIpc) is 3.84. The molecule has 0 unspecified atom stereocenters. The molecular formula is C34H20N6O2S4. The second kappa shape index (κ2) is 10.8. The van der Waals surface area contributed by atoms with Gasteiger partial charge in [0.15, 0.2) is 0 Å². The van der Waals surface area contributed by atoms with Crippen molar-refractivity contribution in [1.29, 1.82) is 10.5 Å². The number of fused-ring (bicyclic) bond motifs is 6. The number of hydrogen-bond acceptors (Lipinski definition) is 10. The van der Waals surface area contributed by atoms with Gasteiger partial charge in [0.1, 0.15) is 39.8 Å². The molecule has 222 valence electrons. The first-order valence-electron chi connectivity index (χ1n) is 13.8. The van der Waals surface area contributed by atoms with Gasteiger partial charge in [0.2, 0.25) is 5.71 Å². The van der Waals surface area contributed by atoms with Gasteiger partial charge < -0.3 is 9.47 Å². The molecule has 6 heterocycles. The topological polar surface area (TPSA) is 99.5 Å². The second-order valence-electron chi connectivity index (χ2n) is 11.4. The summed E-state index contributed by atoms with van der Waals surface area (Å²) in [6, 6.07) is 19.8. The summed E-state index contributed by atoms with van der Waals surface area (Å²) < 4.78 is 13.3. The number of thiophene rings is 4. The molecule has 0 bridgehead atoms. The van der Waals surface area contributed by atoms with Crippen molar-refractivity contribution in [3.05, 3.63) is 82.5 Å². The SMILES string of the molecule is [C-]#[N+]C(=Nc1ccc(-c2cc3c(s2)-c2cc4c(cc2C(C)(C)O3)-c2sc(-c3ccc(N=C(C#N)C#N)s3)cc2OC4(C)C)s1)[N+]#[C-]. The molecule has 2 aliphatic heterocycles. The maximum Gasteiger partial charge on any atom is 0.635 e. The molecular weight excluding hydrogens is 653 g/mol. The van der Waals surface area contributed by atoms with Crippen LogP contribution in [0.3, 0.4) is 0 Å². The largest absolute Gasteiger partial charge is 0.635 e. The van der Waals surface area contributed by atoms with Gasteiger partial charge in [0, 0.05) is 65.0 Å². The Kier molecular flexibility index (Phi) is 6.94. The molecule has 0 saturated heterocycles. The molecule has 2 aliphatic rings. The van der Waals surface area contributed by atoms with Gasteiger partial charge in [-0.1, -0.05) is 11.3 Å². The maximum absolute atomic E-state index is 9.09. The Labute approximate surface area is 281 Å². The summed E-state index contributed by atoms with van der Waals surface area (Å²) >= 11 is 6.16.